The van der Waals surface area contributed by atoms with E-state index in [4.69, 9.17) is 25.8 Å². The highest BCUT2D eigenvalue weighted by molar-refractivity contribution is 7.99. The number of halogens is 1. The minimum absolute atomic E-state index is 0.154. The molecule has 1 amide bonds. The number of ether oxygens (including phenoxy) is 3. The molecule has 4 rings (SSSR count). The number of anilines is 1. The summed E-state index contributed by atoms with van der Waals surface area (Å²) >= 11 is 7.92. The summed E-state index contributed by atoms with van der Waals surface area (Å²) in [6.07, 6.45) is 1.45. The number of nitrogens with zero attached hydrogens (tertiary/aromatic N) is 2. The number of benzene rings is 2. The van der Waals surface area contributed by atoms with Crippen molar-refractivity contribution in [2.75, 3.05) is 50.2 Å². The molecule has 0 radical (unpaired) electrons. The standard InChI is InChI=1S/C23H27ClN2O4S/c1-2-25(11-12-28-18-5-7-20-21(15-18)30-16-29-20)10-8-23(27)26-9-3-13-31-22-14-17(24)4-6-19(22)26/h4-7,14-15H,2-3,8-13,16H2,1H3. The average molecular weight is 463 g/mol. The molecule has 0 aliphatic carbocycles. The van der Waals surface area contributed by atoms with E-state index in [0.29, 0.717) is 30.3 Å². The van der Waals surface area contributed by atoms with Crippen LogP contribution in [0.2, 0.25) is 5.02 Å². The Bertz CT molecular complexity index is 926. The van der Waals surface area contributed by atoms with Gasteiger partial charge in [0, 0.05) is 42.0 Å². The Balaban J connectivity index is 1.28. The molecule has 166 valence electrons. The molecule has 0 aromatic heterocycles. The van der Waals surface area contributed by atoms with Crippen LogP contribution in [-0.4, -0.2) is 56.1 Å². The molecule has 0 spiro atoms. The summed E-state index contributed by atoms with van der Waals surface area (Å²) in [6, 6.07) is 11.4. The van der Waals surface area contributed by atoms with Crippen LogP contribution in [0.5, 0.6) is 17.2 Å². The SMILES string of the molecule is CCN(CCOc1ccc2c(c1)OCO2)CCC(=O)N1CCCSc2cc(Cl)ccc21. The third-order valence-corrected chi connectivity index (χ3v) is 6.77. The van der Waals surface area contributed by atoms with E-state index in [1.807, 2.05) is 41.3 Å². The van der Waals surface area contributed by atoms with Crippen molar-refractivity contribution in [1.82, 2.24) is 4.90 Å². The Hall–Kier alpha value is -2.09. The predicted molar refractivity (Wildman–Crippen MR) is 124 cm³/mol. The van der Waals surface area contributed by atoms with Crippen LogP contribution in [0.3, 0.4) is 0 Å². The molecule has 31 heavy (non-hydrogen) atoms. The lowest BCUT2D eigenvalue weighted by molar-refractivity contribution is -0.119. The number of hydrogen-bond donors (Lipinski definition) is 0. The summed E-state index contributed by atoms with van der Waals surface area (Å²) in [4.78, 5) is 18.3. The summed E-state index contributed by atoms with van der Waals surface area (Å²) in [5.41, 5.74) is 0.978. The average Bonchev–Trinajstić information content (AvgIpc) is 3.14. The maximum absolute atomic E-state index is 13.0. The highest BCUT2D eigenvalue weighted by Gasteiger charge is 2.22. The van der Waals surface area contributed by atoms with Gasteiger partial charge in [-0.25, -0.2) is 0 Å². The first-order chi connectivity index (χ1) is 15.1. The van der Waals surface area contributed by atoms with Gasteiger partial charge < -0.3 is 19.1 Å². The van der Waals surface area contributed by atoms with Crippen LogP contribution >= 0.6 is 23.4 Å². The number of thioether (sulfide) groups is 1. The molecule has 0 saturated carbocycles. The lowest BCUT2D eigenvalue weighted by Gasteiger charge is -2.25. The summed E-state index contributed by atoms with van der Waals surface area (Å²) in [5, 5.41) is 0.708. The molecule has 2 aliphatic rings. The van der Waals surface area contributed by atoms with Gasteiger partial charge in [0.05, 0.1) is 5.69 Å². The van der Waals surface area contributed by atoms with Gasteiger partial charge in [0.15, 0.2) is 11.5 Å². The van der Waals surface area contributed by atoms with E-state index in [0.717, 1.165) is 53.9 Å². The number of hydrogen-bond acceptors (Lipinski definition) is 6. The number of amides is 1. The maximum Gasteiger partial charge on any atom is 0.231 e. The van der Waals surface area contributed by atoms with Gasteiger partial charge in [-0.15, -0.1) is 11.8 Å². The van der Waals surface area contributed by atoms with Crippen LogP contribution < -0.4 is 19.1 Å². The highest BCUT2D eigenvalue weighted by Crippen LogP contribution is 2.36. The molecule has 0 bridgehead atoms. The predicted octanol–water partition coefficient (Wildman–Crippen LogP) is 4.69. The lowest BCUT2D eigenvalue weighted by Crippen LogP contribution is -2.36. The van der Waals surface area contributed by atoms with E-state index in [1.54, 1.807) is 11.8 Å². The molecule has 0 atom stereocenters. The van der Waals surface area contributed by atoms with E-state index in [9.17, 15) is 4.79 Å². The van der Waals surface area contributed by atoms with Crippen LogP contribution in [0, 0.1) is 0 Å². The quantitative estimate of drug-likeness (QED) is 0.567. The van der Waals surface area contributed by atoms with Crippen molar-refractivity contribution >= 4 is 35.0 Å². The first kappa shape index (κ1) is 22.1. The zero-order valence-corrected chi connectivity index (χ0v) is 19.2. The van der Waals surface area contributed by atoms with Gasteiger partial charge in [-0.2, -0.15) is 0 Å². The van der Waals surface area contributed by atoms with Gasteiger partial charge in [-0.3, -0.25) is 9.69 Å². The number of rotatable bonds is 8. The van der Waals surface area contributed by atoms with Crippen LogP contribution in [0.1, 0.15) is 19.8 Å². The fourth-order valence-electron chi connectivity index (χ4n) is 3.69. The largest absolute Gasteiger partial charge is 0.492 e. The maximum atomic E-state index is 13.0. The Labute approximate surface area is 192 Å². The van der Waals surface area contributed by atoms with Crippen molar-refractivity contribution in [3.8, 4) is 17.2 Å². The first-order valence-electron chi connectivity index (χ1n) is 10.6. The number of carbonyl (C=O) groups excluding carboxylic acids is 1. The van der Waals surface area contributed by atoms with Crippen LogP contribution in [0.4, 0.5) is 5.69 Å². The van der Waals surface area contributed by atoms with E-state index in [1.165, 1.54) is 0 Å². The molecule has 8 heteroatoms. The molecule has 2 aromatic carbocycles. The van der Waals surface area contributed by atoms with E-state index in [-0.39, 0.29) is 12.7 Å². The summed E-state index contributed by atoms with van der Waals surface area (Å²) in [5.74, 6) is 3.37. The zero-order chi connectivity index (χ0) is 21.6. The summed E-state index contributed by atoms with van der Waals surface area (Å²) in [7, 11) is 0. The highest BCUT2D eigenvalue weighted by atomic mass is 35.5. The van der Waals surface area contributed by atoms with Crippen molar-refractivity contribution in [2.24, 2.45) is 0 Å². The van der Waals surface area contributed by atoms with Gasteiger partial charge >= 0.3 is 0 Å². The Kier molecular flexibility index (Phi) is 7.48. The molecule has 0 N–H and O–H groups in total. The molecule has 2 heterocycles. The molecular weight excluding hydrogens is 436 g/mol. The van der Waals surface area contributed by atoms with E-state index < -0.39 is 0 Å². The number of likely N-dealkylation sites (N-methyl/N-ethyl adjacent to an activating group) is 1. The smallest absolute Gasteiger partial charge is 0.231 e. The fourth-order valence-corrected chi connectivity index (χ4v) is 4.95. The second-order valence-corrected chi connectivity index (χ2v) is 8.98. The van der Waals surface area contributed by atoms with E-state index >= 15 is 0 Å². The normalized spacial score (nSPS) is 15.0. The van der Waals surface area contributed by atoms with Crippen molar-refractivity contribution in [2.45, 2.75) is 24.7 Å². The Morgan fingerprint density at radius 1 is 1.19 bits per heavy atom. The van der Waals surface area contributed by atoms with Gasteiger partial charge in [0.25, 0.3) is 0 Å². The van der Waals surface area contributed by atoms with Crippen molar-refractivity contribution in [1.29, 1.82) is 0 Å². The second kappa shape index (κ2) is 10.5. The summed E-state index contributed by atoms with van der Waals surface area (Å²) < 4.78 is 16.6. The number of carbonyl (C=O) groups is 1. The molecule has 2 aromatic rings. The minimum Gasteiger partial charge on any atom is -0.492 e. The Morgan fingerprint density at radius 2 is 2.06 bits per heavy atom. The van der Waals surface area contributed by atoms with Crippen molar-refractivity contribution < 1.29 is 19.0 Å². The topological polar surface area (TPSA) is 51.2 Å². The third-order valence-electron chi connectivity index (χ3n) is 5.41. The van der Waals surface area contributed by atoms with E-state index in [2.05, 4.69) is 11.8 Å². The minimum atomic E-state index is 0.154. The van der Waals surface area contributed by atoms with Crippen LogP contribution in [0.25, 0.3) is 0 Å². The summed E-state index contributed by atoms with van der Waals surface area (Å²) in [6.45, 7) is 5.96. The second-order valence-electron chi connectivity index (χ2n) is 7.41. The molecule has 0 fully saturated rings. The Morgan fingerprint density at radius 3 is 2.94 bits per heavy atom. The molecular formula is C23H27ClN2O4S. The molecule has 2 aliphatic heterocycles. The fraction of sp³-hybridized carbons (Fsp3) is 0.435. The number of fused-ring (bicyclic) bond motifs is 2. The molecule has 6 nitrogen and oxygen atoms in total. The molecule has 0 saturated heterocycles. The van der Waals surface area contributed by atoms with Gasteiger partial charge in [-0.1, -0.05) is 18.5 Å². The lowest BCUT2D eigenvalue weighted by atomic mass is 10.2. The monoisotopic (exact) mass is 462 g/mol. The first-order valence-corrected chi connectivity index (χ1v) is 12.0. The van der Waals surface area contributed by atoms with Crippen LogP contribution in [0.15, 0.2) is 41.3 Å². The zero-order valence-electron chi connectivity index (χ0n) is 17.6. The molecule has 0 unspecified atom stereocenters. The van der Waals surface area contributed by atoms with Gasteiger partial charge in [0.2, 0.25) is 12.7 Å². The third kappa shape index (κ3) is 5.59. The van der Waals surface area contributed by atoms with Crippen LogP contribution in [-0.2, 0) is 4.79 Å². The van der Waals surface area contributed by atoms with Gasteiger partial charge in [-0.05, 0) is 49.1 Å². The van der Waals surface area contributed by atoms with Crippen molar-refractivity contribution in [3.05, 3.63) is 41.4 Å². The van der Waals surface area contributed by atoms with Crippen molar-refractivity contribution in [3.63, 3.8) is 0 Å². The van der Waals surface area contributed by atoms with Gasteiger partial charge in [0.1, 0.15) is 12.4 Å².